The van der Waals surface area contributed by atoms with Crippen LogP contribution in [-0.2, 0) is 25.5 Å². The summed E-state index contributed by atoms with van der Waals surface area (Å²) in [5, 5.41) is 0. The lowest BCUT2D eigenvalue weighted by molar-refractivity contribution is -0.200. The minimum atomic E-state index is -1.10. The van der Waals surface area contributed by atoms with Crippen LogP contribution in [-0.4, -0.2) is 53.4 Å². The molecule has 2 aliphatic rings. The van der Waals surface area contributed by atoms with Crippen molar-refractivity contribution in [2.45, 2.75) is 38.5 Å². The molecular weight excluding hydrogens is 308 g/mol. The Bertz CT molecular complexity index is 646. The molecule has 24 heavy (non-hydrogen) atoms. The highest BCUT2D eigenvalue weighted by Crippen LogP contribution is 2.28. The molecule has 3 atom stereocenters. The van der Waals surface area contributed by atoms with E-state index in [2.05, 4.69) is 0 Å². The van der Waals surface area contributed by atoms with E-state index in [0.29, 0.717) is 12.8 Å². The zero-order valence-electron chi connectivity index (χ0n) is 14.0. The number of carbonyl (C=O) groups is 3. The Labute approximate surface area is 141 Å². The van der Waals surface area contributed by atoms with Crippen molar-refractivity contribution in [3.63, 3.8) is 0 Å². The number of rotatable bonds is 4. The van der Waals surface area contributed by atoms with Gasteiger partial charge in [0.1, 0.15) is 6.04 Å². The topological polar surface area (TPSA) is 66.9 Å². The molecule has 2 fully saturated rings. The predicted molar refractivity (Wildman–Crippen MR) is 86.7 cm³/mol. The molecule has 1 aromatic rings. The molecule has 2 heterocycles. The fourth-order valence-electron chi connectivity index (χ4n) is 3.37. The van der Waals surface area contributed by atoms with E-state index >= 15 is 0 Å². The smallest absolute Gasteiger partial charge is 0.313 e. The largest absolute Gasteiger partial charge is 0.431 e. The third kappa shape index (κ3) is 2.88. The maximum absolute atomic E-state index is 12.9. The molecular formula is C18H22N2O4. The molecule has 3 unspecified atom stereocenters. The SMILES string of the molecule is CCCC1CN2C(=O)C(Cc3ccccc3)N(C)C(=O)C2OC1=O. The second kappa shape index (κ2) is 6.63. The third-order valence-corrected chi connectivity index (χ3v) is 4.76. The van der Waals surface area contributed by atoms with Crippen LogP contribution < -0.4 is 0 Å². The lowest BCUT2D eigenvalue weighted by Gasteiger charge is -2.46. The molecule has 2 amide bonds. The number of fused-ring (bicyclic) bond motifs is 1. The zero-order chi connectivity index (χ0) is 17.3. The first-order valence-electron chi connectivity index (χ1n) is 8.34. The first kappa shape index (κ1) is 16.5. The molecule has 0 saturated carbocycles. The fourth-order valence-corrected chi connectivity index (χ4v) is 3.37. The van der Waals surface area contributed by atoms with Crippen molar-refractivity contribution in [1.29, 1.82) is 0 Å². The average molecular weight is 330 g/mol. The van der Waals surface area contributed by atoms with Crippen LogP contribution in [0.3, 0.4) is 0 Å². The van der Waals surface area contributed by atoms with Gasteiger partial charge in [-0.3, -0.25) is 19.3 Å². The number of piperazine rings is 1. The first-order valence-corrected chi connectivity index (χ1v) is 8.34. The minimum absolute atomic E-state index is 0.153. The second-order valence-electron chi connectivity index (χ2n) is 6.42. The molecule has 1 aromatic carbocycles. The highest BCUT2D eigenvalue weighted by atomic mass is 16.6. The summed E-state index contributed by atoms with van der Waals surface area (Å²) in [4.78, 5) is 40.4. The normalized spacial score (nSPS) is 27.1. The molecule has 2 saturated heterocycles. The summed E-state index contributed by atoms with van der Waals surface area (Å²) in [5.41, 5.74) is 0.994. The Kier molecular flexibility index (Phi) is 4.55. The van der Waals surface area contributed by atoms with E-state index in [4.69, 9.17) is 4.74 Å². The fraction of sp³-hybridized carbons (Fsp3) is 0.500. The Balaban J connectivity index is 1.82. The minimum Gasteiger partial charge on any atom is -0.431 e. The van der Waals surface area contributed by atoms with Gasteiger partial charge in [-0.15, -0.1) is 0 Å². The molecule has 0 bridgehead atoms. The quantitative estimate of drug-likeness (QED) is 0.778. The van der Waals surface area contributed by atoms with E-state index in [1.54, 1.807) is 7.05 Å². The maximum atomic E-state index is 12.9. The van der Waals surface area contributed by atoms with Gasteiger partial charge in [-0.2, -0.15) is 0 Å². The summed E-state index contributed by atoms with van der Waals surface area (Å²) in [5.74, 6) is -1.21. The number of nitrogens with zero attached hydrogens (tertiary/aromatic N) is 2. The number of likely N-dealkylation sites (N-methyl/N-ethyl adjacent to an activating group) is 1. The van der Waals surface area contributed by atoms with Gasteiger partial charge in [0.15, 0.2) is 0 Å². The van der Waals surface area contributed by atoms with Gasteiger partial charge in [0.2, 0.25) is 5.91 Å². The molecule has 0 spiro atoms. The molecule has 0 aromatic heterocycles. The molecule has 6 heteroatoms. The van der Waals surface area contributed by atoms with E-state index in [0.717, 1.165) is 12.0 Å². The number of amides is 2. The number of hydrogen-bond donors (Lipinski definition) is 0. The predicted octanol–water partition coefficient (Wildman–Crippen LogP) is 1.20. The van der Waals surface area contributed by atoms with Gasteiger partial charge in [-0.25, -0.2) is 0 Å². The number of benzene rings is 1. The van der Waals surface area contributed by atoms with E-state index in [-0.39, 0.29) is 30.2 Å². The Morgan fingerprint density at radius 1 is 1.12 bits per heavy atom. The summed E-state index contributed by atoms with van der Waals surface area (Å²) >= 11 is 0. The van der Waals surface area contributed by atoms with Crippen molar-refractivity contribution in [2.75, 3.05) is 13.6 Å². The number of hydrogen-bond acceptors (Lipinski definition) is 4. The first-order chi connectivity index (χ1) is 11.5. The van der Waals surface area contributed by atoms with Crippen molar-refractivity contribution in [3.8, 4) is 0 Å². The van der Waals surface area contributed by atoms with Crippen molar-refractivity contribution in [3.05, 3.63) is 35.9 Å². The van der Waals surface area contributed by atoms with Crippen LogP contribution in [0.15, 0.2) is 30.3 Å². The molecule has 3 rings (SSSR count). The Morgan fingerprint density at radius 2 is 1.83 bits per heavy atom. The van der Waals surface area contributed by atoms with Crippen molar-refractivity contribution < 1.29 is 19.1 Å². The summed E-state index contributed by atoms with van der Waals surface area (Å²) in [6, 6.07) is 9.05. The van der Waals surface area contributed by atoms with Gasteiger partial charge in [-0.1, -0.05) is 43.7 Å². The van der Waals surface area contributed by atoms with E-state index in [9.17, 15) is 14.4 Å². The lowest BCUT2D eigenvalue weighted by atomic mass is 9.96. The van der Waals surface area contributed by atoms with E-state index < -0.39 is 12.3 Å². The summed E-state index contributed by atoms with van der Waals surface area (Å²) in [6.45, 7) is 2.25. The maximum Gasteiger partial charge on any atom is 0.313 e. The summed E-state index contributed by atoms with van der Waals surface area (Å²) in [6.07, 6.45) is 0.837. The summed E-state index contributed by atoms with van der Waals surface area (Å²) in [7, 11) is 1.59. The van der Waals surface area contributed by atoms with Crippen LogP contribution >= 0.6 is 0 Å². The van der Waals surface area contributed by atoms with E-state index in [1.807, 2.05) is 37.3 Å². The van der Waals surface area contributed by atoms with Crippen LogP contribution in [0.4, 0.5) is 0 Å². The number of ether oxygens (including phenoxy) is 1. The van der Waals surface area contributed by atoms with Crippen LogP contribution in [0.25, 0.3) is 0 Å². The number of esters is 1. The van der Waals surface area contributed by atoms with Crippen LogP contribution in [0.1, 0.15) is 25.3 Å². The van der Waals surface area contributed by atoms with Crippen LogP contribution in [0, 0.1) is 5.92 Å². The van der Waals surface area contributed by atoms with Gasteiger partial charge >= 0.3 is 5.97 Å². The molecule has 2 aliphatic heterocycles. The van der Waals surface area contributed by atoms with Gasteiger partial charge in [-0.05, 0) is 12.0 Å². The van der Waals surface area contributed by atoms with Crippen molar-refractivity contribution >= 4 is 17.8 Å². The Morgan fingerprint density at radius 3 is 2.50 bits per heavy atom. The standard InChI is InChI=1S/C18H22N2O4/c1-3-7-13-11-20-15(21)14(10-12-8-5-4-6-9-12)19(2)16(22)17(20)24-18(13)23/h4-6,8-9,13-14,17H,3,7,10-11H2,1-2H3. The molecule has 128 valence electrons. The van der Waals surface area contributed by atoms with Crippen molar-refractivity contribution in [1.82, 2.24) is 9.80 Å². The Hall–Kier alpha value is -2.37. The highest BCUT2D eigenvalue weighted by Gasteiger charge is 2.50. The van der Waals surface area contributed by atoms with Gasteiger partial charge in [0.25, 0.3) is 12.1 Å². The van der Waals surface area contributed by atoms with Crippen LogP contribution in [0.5, 0.6) is 0 Å². The number of carbonyl (C=O) groups excluding carboxylic acids is 3. The summed E-state index contributed by atoms with van der Waals surface area (Å²) < 4.78 is 5.28. The molecule has 0 aliphatic carbocycles. The third-order valence-electron chi connectivity index (χ3n) is 4.76. The average Bonchev–Trinajstić information content (AvgIpc) is 2.59. The van der Waals surface area contributed by atoms with Crippen molar-refractivity contribution in [2.24, 2.45) is 5.92 Å². The zero-order valence-corrected chi connectivity index (χ0v) is 14.0. The highest BCUT2D eigenvalue weighted by molar-refractivity contribution is 5.98. The second-order valence-corrected chi connectivity index (χ2v) is 6.42. The molecule has 0 radical (unpaired) electrons. The lowest BCUT2D eigenvalue weighted by Crippen LogP contribution is -2.68. The molecule has 6 nitrogen and oxygen atoms in total. The van der Waals surface area contributed by atoms with Gasteiger partial charge in [0, 0.05) is 20.0 Å². The van der Waals surface area contributed by atoms with E-state index in [1.165, 1.54) is 9.80 Å². The van der Waals surface area contributed by atoms with Crippen LogP contribution in [0.2, 0.25) is 0 Å². The van der Waals surface area contributed by atoms with Gasteiger partial charge < -0.3 is 9.64 Å². The molecule has 0 N–H and O–H groups in total. The monoisotopic (exact) mass is 330 g/mol. The van der Waals surface area contributed by atoms with Gasteiger partial charge in [0.05, 0.1) is 5.92 Å².